The van der Waals surface area contributed by atoms with E-state index in [0.29, 0.717) is 6.42 Å². The van der Waals surface area contributed by atoms with Crippen LogP contribution < -0.4 is 0 Å². The summed E-state index contributed by atoms with van der Waals surface area (Å²) in [4.78, 5) is 0. The summed E-state index contributed by atoms with van der Waals surface area (Å²) in [5.74, 6) is -1.01. The summed E-state index contributed by atoms with van der Waals surface area (Å²) in [5.41, 5.74) is -4.21. The summed E-state index contributed by atoms with van der Waals surface area (Å²) in [6.07, 6.45) is 0.674. The van der Waals surface area contributed by atoms with Crippen LogP contribution in [0.3, 0.4) is 0 Å². The second-order valence-corrected chi connectivity index (χ2v) is 7.74. The van der Waals surface area contributed by atoms with Crippen molar-refractivity contribution in [2.45, 2.75) is 38.5 Å². The predicted molar refractivity (Wildman–Crippen MR) is 68.3 cm³/mol. The van der Waals surface area contributed by atoms with Gasteiger partial charge in [0.15, 0.2) is 0 Å². The molecule has 2 nitrogen and oxygen atoms in total. The second-order valence-electron chi connectivity index (χ2n) is 5.76. The zero-order chi connectivity index (χ0) is 14.9. The van der Waals surface area contributed by atoms with E-state index < -0.39 is 21.1 Å². The van der Waals surface area contributed by atoms with Gasteiger partial charge in [0.05, 0.1) is 5.75 Å². The maximum atomic E-state index is 12.3. The Hall–Kier alpha value is -1.04. The molecule has 0 saturated carbocycles. The maximum Gasteiger partial charge on any atom is 0.497 e. The van der Waals surface area contributed by atoms with Crippen LogP contribution in [0, 0.1) is 5.41 Å². The van der Waals surface area contributed by atoms with Crippen molar-refractivity contribution in [3.05, 3.63) is 35.4 Å². The molecule has 6 heteroatoms. The van der Waals surface area contributed by atoms with E-state index in [1.165, 1.54) is 12.1 Å². The van der Waals surface area contributed by atoms with Crippen molar-refractivity contribution in [2.75, 3.05) is 0 Å². The Morgan fingerprint density at radius 2 is 1.58 bits per heavy atom. The van der Waals surface area contributed by atoms with E-state index in [0.717, 1.165) is 5.56 Å². The van der Waals surface area contributed by atoms with E-state index in [1.807, 2.05) is 20.8 Å². The standard InChI is InChI=1S/C13H17F3O2S/c1-12(2,3)8-10-5-4-6-11(7-10)9-19(17,18)13(14,15)16/h4-7H,8-9H2,1-3H3. The molecule has 1 aromatic carbocycles. The third-order valence-corrected chi connectivity index (χ3v) is 3.85. The minimum Gasteiger partial charge on any atom is -0.219 e. The van der Waals surface area contributed by atoms with Crippen LogP contribution in [-0.4, -0.2) is 13.9 Å². The molecule has 1 rings (SSSR count). The summed E-state index contributed by atoms with van der Waals surface area (Å²) in [6, 6.07) is 6.29. The number of sulfone groups is 1. The molecular formula is C13H17F3O2S. The van der Waals surface area contributed by atoms with Gasteiger partial charge in [-0.25, -0.2) is 8.42 Å². The van der Waals surface area contributed by atoms with Crippen LogP contribution in [0.1, 0.15) is 31.9 Å². The molecule has 0 spiro atoms. The Balaban J connectivity index is 2.96. The lowest BCUT2D eigenvalue weighted by atomic mass is 9.88. The van der Waals surface area contributed by atoms with Crippen molar-refractivity contribution < 1.29 is 21.6 Å². The summed E-state index contributed by atoms with van der Waals surface area (Å²) in [7, 11) is -5.11. The van der Waals surface area contributed by atoms with Crippen LogP contribution in [0.4, 0.5) is 13.2 Å². The van der Waals surface area contributed by atoms with Gasteiger partial charge in [0, 0.05) is 0 Å². The van der Waals surface area contributed by atoms with Crippen molar-refractivity contribution in [2.24, 2.45) is 5.41 Å². The highest BCUT2D eigenvalue weighted by Crippen LogP contribution is 2.27. The fraction of sp³-hybridized carbons (Fsp3) is 0.538. The van der Waals surface area contributed by atoms with Crippen LogP contribution in [-0.2, 0) is 22.0 Å². The van der Waals surface area contributed by atoms with E-state index in [4.69, 9.17) is 0 Å². The molecule has 0 bridgehead atoms. The Labute approximate surface area is 111 Å². The first-order chi connectivity index (χ1) is 8.41. The van der Waals surface area contributed by atoms with E-state index >= 15 is 0 Å². The molecule has 0 radical (unpaired) electrons. The minimum absolute atomic E-state index is 0.0124. The van der Waals surface area contributed by atoms with Gasteiger partial charge in [0.2, 0.25) is 0 Å². The summed E-state index contributed by atoms with van der Waals surface area (Å²) in [5, 5.41) is 0. The molecule has 108 valence electrons. The monoisotopic (exact) mass is 294 g/mol. The molecule has 0 aliphatic rings. The number of benzene rings is 1. The third kappa shape index (κ3) is 4.86. The molecule has 0 saturated heterocycles. The molecule has 0 amide bonds. The first kappa shape index (κ1) is 16.0. The van der Waals surface area contributed by atoms with Crippen molar-refractivity contribution >= 4 is 9.84 Å². The molecule has 0 aliphatic carbocycles. The van der Waals surface area contributed by atoms with Crippen LogP contribution in [0.25, 0.3) is 0 Å². The summed E-state index contributed by atoms with van der Waals surface area (Å²) < 4.78 is 59.1. The molecule has 0 atom stereocenters. The van der Waals surface area contributed by atoms with Crippen molar-refractivity contribution in [1.82, 2.24) is 0 Å². The minimum atomic E-state index is -5.20. The molecular weight excluding hydrogens is 277 g/mol. The van der Waals surface area contributed by atoms with E-state index in [1.54, 1.807) is 12.1 Å². The van der Waals surface area contributed by atoms with Gasteiger partial charge in [-0.3, -0.25) is 0 Å². The van der Waals surface area contributed by atoms with Crippen molar-refractivity contribution in [3.8, 4) is 0 Å². The highest BCUT2D eigenvalue weighted by Gasteiger charge is 2.45. The van der Waals surface area contributed by atoms with Crippen LogP contribution >= 0.6 is 0 Å². The molecule has 0 heterocycles. The van der Waals surface area contributed by atoms with Gasteiger partial charge in [0.1, 0.15) is 0 Å². The average molecular weight is 294 g/mol. The van der Waals surface area contributed by atoms with Gasteiger partial charge < -0.3 is 0 Å². The second kappa shape index (κ2) is 5.15. The van der Waals surface area contributed by atoms with E-state index in [2.05, 4.69) is 0 Å². The van der Waals surface area contributed by atoms with Gasteiger partial charge >= 0.3 is 5.51 Å². The molecule has 1 aromatic rings. The quantitative estimate of drug-likeness (QED) is 0.851. The van der Waals surface area contributed by atoms with E-state index in [-0.39, 0.29) is 11.0 Å². The predicted octanol–water partition coefficient (Wildman–Crippen LogP) is 3.71. The fourth-order valence-electron chi connectivity index (χ4n) is 1.74. The van der Waals surface area contributed by atoms with Crippen molar-refractivity contribution in [1.29, 1.82) is 0 Å². The van der Waals surface area contributed by atoms with Gasteiger partial charge in [-0.1, -0.05) is 45.0 Å². The van der Waals surface area contributed by atoms with Gasteiger partial charge in [-0.05, 0) is 23.0 Å². The van der Waals surface area contributed by atoms with Crippen LogP contribution in [0.5, 0.6) is 0 Å². The lowest BCUT2D eigenvalue weighted by molar-refractivity contribution is -0.0437. The average Bonchev–Trinajstić information content (AvgIpc) is 2.12. The largest absolute Gasteiger partial charge is 0.497 e. The Kier molecular flexibility index (Phi) is 4.34. The van der Waals surface area contributed by atoms with E-state index in [9.17, 15) is 21.6 Å². The van der Waals surface area contributed by atoms with Crippen LogP contribution in [0.15, 0.2) is 24.3 Å². The highest BCUT2D eigenvalue weighted by atomic mass is 32.2. The number of alkyl halides is 3. The number of hydrogen-bond donors (Lipinski definition) is 0. The first-order valence-electron chi connectivity index (χ1n) is 5.78. The molecule has 0 fully saturated rings. The van der Waals surface area contributed by atoms with Gasteiger partial charge in [0.25, 0.3) is 9.84 Å². The Morgan fingerprint density at radius 1 is 1.05 bits per heavy atom. The maximum absolute atomic E-state index is 12.3. The topological polar surface area (TPSA) is 34.1 Å². The third-order valence-electron chi connectivity index (χ3n) is 2.44. The van der Waals surface area contributed by atoms with Crippen molar-refractivity contribution in [3.63, 3.8) is 0 Å². The lowest BCUT2D eigenvalue weighted by Crippen LogP contribution is -2.24. The lowest BCUT2D eigenvalue weighted by Gasteiger charge is -2.18. The molecule has 0 N–H and O–H groups in total. The molecule has 19 heavy (non-hydrogen) atoms. The van der Waals surface area contributed by atoms with Gasteiger partial charge in [-0.15, -0.1) is 0 Å². The number of rotatable bonds is 3. The summed E-state index contributed by atoms with van der Waals surface area (Å²) in [6.45, 7) is 6.02. The normalized spacial score (nSPS) is 13.6. The SMILES string of the molecule is CC(C)(C)Cc1cccc(CS(=O)(=O)C(F)(F)F)c1. The van der Waals surface area contributed by atoms with Crippen LogP contribution in [0.2, 0.25) is 0 Å². The number of halogens is 3. The fourth-order valence-corrected chi connectivity index (χ4v) is 2.53. The zero-order valence-corrected chi connectivity index (χ0v) is 11.9. The first-order valence-corrected chi connectivity index (χ1v) is 7.43. The highest BCUT2D eigenvalue weighted by molar-refractivity contribution is 7.91. The molecule has 0 aliphatic heterocycles. The smallest absolute Gasteiger partial charge is 0.219 e. The summed E-state index contributed by atoms with van der Waals surface area (Å²) >= 11 is 0. The molecule has 0 aromatic heterocycles. The zero-order valence-electron chi connectivity index (χ0n) is 11.1. The Bertz CT molecular complexity index is 540. The number of hydrogen-bond acceptors (Lipinski definition) is 2. The molecule has 0 unspecified atom stereocenters. The Morgan fingerprint density at radius 3 is 2.05 bits per heavy atom. The van der Waals surface area contributed by atoms with Gasteiger partial charge in [-0.2, -0.15) is 13.2 Å².